The van der Waals surface area contributed by atoms with Crippen LogP contribution < -0.4 is 30.3 Å². The lowest BCUT2D eigenvalue weighted by atomic mass is 10.3. The molecule has 3 rings (SSSR count). The summed E-state index contributed by atoms with van der Waals surface area (Å²) < 4.78 is 2.77. The summed E-state index contributed by atoms with van der Waals surface area (Å²) in [5.41, 5.74) is 0.834. The van der Waals surface area contributed by atoms with Crippen LogP contribution in [0.4, 0.5) is 17.3 Å². The number of anilines is 3. The summed E-state index contributed by atoms with van der Waals surface area (Å²) in [6.45, 7) is 4.47. The first-order chi connectivity index (χ1) is 15.9. The predicted octanol–water partition coefficient (Wildman–Crippen LogP) is 1.98. The van der Waals surface area contributed by atoms with Crippen LogP contribution in [-0.4, -0.2) is 35.1 Å². The Balaban J connectivity index is 1.68. The summed E-state index contributed by atoms with van der Waals surface area (Å²) >= 11 is 1.28. The number of likely N-dealkylation sites (N-methyl/N-ethyl adjacent to an activating group) is 1. The number of rotatable bonds is 8. The molecule has 2 aromatic heterocycles. The van der Waals surface area contributed by atoms with E-state index in [-0.39, 0.29) is 24.1 Å². The number of carbonyl (C=O) groups excluding carboxylic acids is 1. The van der Waals surface area contributed by atoms with E-state index in [9.17, 15) is 9.59 Å². The number of nitrogens with one attached hydrogen (secondary N) is 2. The van der Waals surface area contributed by atoms with E-state index < -0.39 is 0 Å². The Morgan fingerprint density at radius 2 is 1.97 bits per heavy atom. The number of hydrogen-bond acceptors (Lipinski definition) is 7. The van der Waals surface area contributed by atoms with Crippen molar-refractivity contribution in [3.8, 4) is 6.07 Å². The van der Waals surface area contributed by atoms with Gasteiger partial charge >= 0.3 is 0 Å². The maximum Gasteiger partial charge on any atom is 0.268 e. The number of aromatic nitrogens is 2. The second-order valence-corrected chi connectivity index (χ2v) is 8.44. The molecule has 0 fully saturated rings. The molecule has 9 heteroatoms. The van der Waals surface area contributed by atoms with E-state index >= 15 is 0 Å². The monoisotopic (exact) mass is 462 g/mol. The van der Waals surface area contributed by atoms with Gasteiger partial charge < -0.3 is 15.5 Å². The van der Waals surface area contributed by atoms with Gasteiger partial charge in [0.2, 0.25) is 5.91 Å². The van der Waals surface area contributed by atoms with Crippen LogP contribution in [0.2, 0.25) is 0 Å². The third kappa shape index (κ3) is 6.30. The number of pyridine rings is 1. The Hall–Kier alpha value is -3.90. The lowest BCUT2D eigenvalue weighted by molar-refractivity contribution is -0.114. The Kier molecular flexibility index (Phi) is 8.00. The molecule has 1 aromatic carbocycles. The number of thiazole rings is 1. The van der Waals surface area contributed by atoms with Crippen LogP contribution in [0.1, 0.15) is 13.8 Å². The number of amides is 1. The number of benzene rings is 1. The SMILES string of the molecule is CCn1c(=O)c(=CC(C)Nc2cccc(NC(=O)CN(C)c3ccccc3)n2)s/c1=C/C#N. The average molecular weight is 463 g/mol. The molecular weight excluding hydrogens is 436 g/mol. The number of carbonyl (C=O) groups is 1. The van der Waals surface area contributed by atoms with Gasteiger partial charge in [-0.3, -0.25) is 14.2 Å². The normalized spacial score (nSPS) is 12.8. The average Bonchev–Trinajstić information content (AvgIpc) is 3.08. The molecular formula is C24H26N6O2S. The maximum absolute atomic E-state index is 12.6. The van der Waals surface area contributed by atoms with Gasteiger partial charge in [-0.05, 0) is 44.2 Å². The van der Waals surface area contributed by atoms with E-state index in [0.29, 0.717) is 27.4 Å². The van der Waals surface area contributed by atoms with Crippen molar-refractivity contribution in [3.63, 3.8) is 0 Å². The van der Waals surface area contributed by atoms with Crippen molar-refractivity contribution >= 4 is 46.7 Å². The van der Waals surface area contributed by atoms with E-state index in [4.69, 9.17) is 5.26 Å². The number of nitrogens with zero attached hydrogens (tertiary/aromatic N) is 4. The van der Waals surface area contributed by atoms with E-state index in [2.05, 4.69) is 15.6 Å². The van der Waals surface area contributed by atoms with E-state index in [1.165, 1.54) is 17.4 Å². The van der Waals surface area contributed by atoms with Crippen LogP contribution in [0, 0.1) is 11.3 Å². The van der Waals surface area contributed by atoms with Gasteiger partial charge in [0.05, 0.1) is 17.1 Å². The van der Waals surface area contributed by atoms with Gasteiger partial charge in [-0.2, -0.15) is 5.26 Å². The smallest absolute Gasteiger partial charge is 0.268 e. The van der Waals surface area contributed by atoms with Crippen LogP contribution in [0.15, 0.2) is 53.3 Å². The fourth-order valence-electron chi connectivity index (χ4n) is 3.27. The summed E-state index contributed by atoms with van der Waals surface area (Å²) in [5.74, 6) is 0.837. The molecule has 0 spiro atoms. The molecule has 0 aliphatic rings. The number of nitriles is 1. The molecule has 2 N–H and O–H groups in total. The molecule has 1 unspecified atom stereocenters. The standard InChI is InChI=1S/C24H26N6O2S/c1-4-30-23(13-14-25)33-19(24(30)32)15-17(2)26-20-11-8-12-21(27-20)28-22(31)16-29(3)18-9-6-5-7-10-18/h5-13,15,17H,4,16H2,1-3H3,(H2,26,27,28,31)/b19-15?,23-13+. The third-order valence-corrected chi connectivity index (χ3v) is 5.89. The zero-order valence-corrected chi connectivity index (χ0v) is 19.6. The van der Waals surface area contributed by atoms with Gasteiger partial charge in [0.25, 0.3) is 5.56 Å². The fourth-order valence-corrected chi connectivity index (χ4v) is 4.40. The molecule has 1 atom stereocenters. The minimum absolute atomic E-state index is 0.117. The highest BCUT2D eigenvalue weighted by molar-refractivity contribution is 7.07. The molecule has 0 aliphatic carbocycles. The first-order valence-corrected chi connectivity index (χ1v) is 11.3. The van der Waals surface area contributed by atoms with Crippen LogP contribution >= 0.6 is 11.3 Å². The van der Waals surface area contributed by atoms with Crippen molar-refractivity contribution < 1.29 is 4.79 Å². The fraction of sp³-hybridized carbons (Fsp3) is 0.250. The molecule has 1 amide bonds. The van der Waals surface area contributed by atoms with Crippen molar-refractivity contribution in [1.82, 2.24) is 9.55 Å². The molecule has 8 nitrogen and oxygen atoms in total. The maximum atomic E-state index is 12.6. The van der Waals surface area contributed by atoms with Crippen molar-refractivity contribution in [2.75, 3.05) is 29.1 Å². The van der Waals surface area contributed by atoms with Crippen molar-refractivity contribution in [1.29, 1.82) is 5.26 Å². The zero-order valence-electron chi connectivity index (χ0n) is 18.8. The predicted molar refractivity (Wildman–Crippen MR) is 134 cm³/mol. The van der Waals surface area contributed by atoms with Crippen LogP contribution in [0.3, 0.4) is 0 Å². The van der Waals surface area contributed by atoms with Gasteiger partial charge in [0.1, 0.15) is 16.3 Å². The van der Waals surface area contributed by atoms with Gasteiger partial charge in [-0.1, -0.05) is 24.3 Å². The molecule has 2 heterocycles. The van der Waals surface area contributed by atoms with E-state index in [1.807, 2.05) is 68.3 Å². The Morgan fingerprint density at radius 1 is 1.24 bits per heavy atom. The Labute approximate surface area is 196 Å². The van der Waals surface area contributed by atoms with Gasteiger partial charge in [0, 0.05) is 31.4 Å². The Morgan fingerprint density at radius 3 is 2.67 bits per heavy atom. The molecule has 0 radical (unpaired) electrons. The highest BCUT2D eigenvalue weighted by Crippen LogP contribution is 2.13. The van der Waals surface area contributed by atoms with Crippen molar-refractivity contribution in [2.24, 2.45) is 0 Å². The number of para-hydroxylation sites is 1. The lowest BCUT2D eigenvalue weighted by Crippen LogP contribution is -2.32. The second-order valence-electron chi connectivity index (χ2n) is 7.37. The quantitative estimate of drug-likeness (QED) is 0.531. The van der Waals surface area contributed by atoms with Crippen LogP contribution in [0.5, 0.6) is 0 Å². The topological polar surface area (TPSA) is 103 Å². The molecule has 170 valence electrons. The third-order valence-electron chi connectivity index (χ3n) is 4.81. The molecule has 0 bridgehead atoms. The minimum atomic E-state index is -0.195. The molecule has 0 aliphatic heterocycles. The lowest BCUT2D eigenvalue weighted by Gasteiger charge is -2.18. The molecule has 33 heavy (non-hydrogen) atoms. The molecule has 0 saturated carbocycles. The van der Waals surface area contributed by atoms with Gasteiger partial charge in [-0.15, -0.1) is 11.3 Å². The van der Waals surface area contributed by atoms with Crippen molar-refractivity contribution in [3.05, 3.63) is 68.1 Å². The first-order valence-electron chi connectivity index (χ1n) is 10.5. The van der Waals surface area contributed by atoms with Crippen LogP contribution in [0.25, 0.3) is 12.2 Å². The summed E-state index contributed by atoms with van der Waals surface area (Å²) in [4.78, 5) is 31.3. The van der Waals surface area contributed by atoms with E-state index in [1.54, 1.807) is 22.8 Å². The van der Waals surface area contributed by atoms with Crippen molar-refractivity contribution in [2.45, 2.75) is 26.4 Å². The van der Waals surface area contributed by atoms with E-state index in [0.717, 1.165) is 5.69 Å². The molecule has 0 saturated heterocycles. The van der Waals surface area contributed by atoms with Crippen LogP contribution in [-0.2, 0) is 11.3 Å². The number of hydrogen-bond donors (Lipinski definition) is 2. The summed E-state index contributed by atoms with van der Waals surface area (Å²) in [6.07, 6.45) is 3.20. The zero-order chi connectivity index (χ0) is 23.8. The highest BCUT2D eigenvalue weighted by Gasteiger charge is 2.10. The summed E-state index contributed by atoms with van der Waals surface area (Å²) in [5, 5.41) is 15.0. The first kappa shape index (κ1) is 23.8. The summed E-state index contributed by atoms with van der Waals surface area (Å²) in [6, 6.07) is 16.8. The molecule has 3 aromatic rings. The highest BCUT2D eigenvalue weighted by atomic mass is 32.1. The minimum Gasteiger partial charge on any atom is -0.365 e. The summed E-state index contributed by atoms with van der Waals surface area (Å²) in [7, 11) is 1.86. The van der Waals surface area contributed by atoms with Gasteiger partial charge in [0.15, 0.2) is 0 Å². The van der Waals surface area contributed by atoms with Gasteiger partial charge in [-0.25, -0.2) is 4.98 Å². The Bertz CT molecular complexity index is 1320. The second kappa shape index (κ2) is 11.1. The largest absolute Gasteiger partial charge is 0.365 e.